The number of amides is 1. The minimum Gasteiger partial charge on any atom is -0.368 e. The van der Waals surface area contributed by atoms with Crippen molar-refractivity contribution in [1.29, 1.82) is 0 Å². The number of rotatable bonds is 3. The fourth-order valence-electron chi connectivity index (χ4n) is 1.43. The van der Waals surface area contributed by atoms with Crippen molar-refractivity contribution in [2.45, 2.75) is 31.8 Å². The van der Waals surface area contributed by atoms with E-state index >= 15 is 0 Å². The van der Waals surface area contributed by atoms with Crippen LogP contribution in [0.15, 0.2) is 0 Å². The minimum atomic E-state index is -0.277. The summed E-state index contributed by atoms with van der Waals surface area (Å²) >= 11 is 0. The first-order valence-corrected chi connectivity index (χ1v) is 4.46. The van der Waals surface area contributed by atoms with E-state index in [1.165, 1.54) is 6.42 Å². The zero-order chi connectivity index (χ0) is 8.97. The van der Waals surface area contributed by atoms with Crippen molar-refractivity contribution in [3.8, 4) is 0 Å². The number of hydrogen-bond acceptors (Lipinski definition) is 3. The molecule has 0 spiro atoms. The first-order valence-electron chi connectivity index (χ1n) is 4.46. The van der Waals surface area contributed by atoms with E-state index in [4.69, 9.17) is 5.73 Å². The molecule has 0 aromatic rings. The highest BCUT2D eigenvalue weighted by molar-refractivity contribution is 5.79. The molecule has 0 saturated carbocycles. The standard InChI is InChI=1S/C8H17N3O/c1-6(8(9)12)11-7-3-2-4-10-5-7/h6-7,10-11H,2-5H2,1H3,(H2,9,12)/t6-,7?/m0/s1. The number of nitrogens with one attached hydrogen (secondary N) is 2. The lowest BCUT2D eigenvalue weighted by atomic mass is 10.1. The average molecular weight is 171 g/mol. The van der Waals surface area contributed by atoms with E-state index in [9.17, 15) is 4.79 Å². The van der Waals surface area contributed by atoms with Crippen LogP contribution in [0.25, 0.3) is 0 Å². The highest BCUT2D eigenvalue weighted by atomic mass is 16.1. The van der Waals surface area contributed by atoms with Crippen LogP contribution in [0.1, 0.15) is 19.8 Å². The highest BCUT2D eigenvalue weighted by Crippen LogP contribution is 2.01. The van der Waals surface area contributed by atoms with Gasteiger partial charge in [0, 0.05) is 12.6 Å². The lowest BCUT2D eigenvalue weighted by molar-refractivity contribution is -0.119. The maximum atomic E-state index is 10.7. The second kappa shape index (κ2) is 4.42. The van der Waals surface area contributed by atoms with E-state index < -0.39 is 0 Å². The third-order valence-electron chi connectivity index (χ3n) is 2.21. The molecule has 4 nitrogen and oxygen atoms in total. The summed E-state index contributed by atoms with van der Waals surface area (Å²) in [6.07, 6.45) is 2.30. The Balaban J connectivity index is 2.24. The van der Waals surface area contributed by atoms with E-state index in [2.05, 4.69) is 10.6 Å². The summed E-state index contributed by atoms with van der Waals surface area (Å²) in [6, 6.07) is 0.191. The third kappa shape index (κ3) is 2.79. The molecule has 4 heteroatoms. The molecule has 1 amide bonds. The molecule has 1 rings (SSSR count). The van der Waals surface area contributed by atoms with Gasteiger partial charge in [-0.1, -0.05) is 0 Å². The van der Waals surface area contributed by atoms with Crippen molar-refractivity contribution < 1.29 is 4.79 Å². The van der Waals surface area contributed by atoms with Gasteiger partial charge in [0.05, 0.1) is 6.04 Å². The Labute approximate surface area is 72.9 Å². The monoisotopic (exact) mass is 171 g/mol. The van der Waals surface area contributed by atoms with Crippen molar-refractivity contribution in [3.63, 3.8) is 0 Å². The van der Waals surface area contributed by atoms with E-state index in [-0.39, 0.29) is 11.9 Å². The van der Waals surface area contributed by atoms with Gasteiger partial charge in [-0.25, -0.2) is 0 Å². The first-order chi connectivity index (χ1) is 5.70. The zero-order valence-corrected chi connectivity index (χ0v) is 7.47. The molecule has 1 aliphatic rings. The maximum Gasteiger partial charge on any atom is 0.234 e. The average Bonchev–Trinajstić information content (AvgIpc) is 2.06. The predicted molar refractivity (Wildman–Crippen MR) is 47.7 cm³/mol. The molecule has 1 saturated heterocycles. The van der Waals surface area contributed by atoms with Crippen LogP contribution < -0.4 is 16.4 Å². The van der Waals surface area contributed by atoms with E-state index in [1.807, 2.05) is 0 Å². The van der Waals surface area contributed by atoms with Crippen LogP contribution in [0.4, 0.5) is 0 Å². The molecule has 4 N–H and O–H groups in total. The summed E-state index contributed by atoms with van der Waals surface area (Å²) in [5, 5.41) is 6.45. The van der Waals surface area contributed by atoms with Crippen molar-refractivity contribution in [2.75, 3.05) is 13.1 Å². The van der Waals surface area contributed by atoms with Crippen molar-refractivity contribution in [1.82, 2.24) is 10.6 Å². The van der Waals surface area contributed by atoms with Crippen molar-refractivity contribution in [2.24, 2.45) is 5.73 Å². The zero-order valence-electron chi connectivity index (χ0n) is 7.47. The first kappa shape index (κ1) is 9.48. The van der Waals surface area contributed by atoms with Crippen LogP contribution >= 0.6 is 0 Å². The quantitative estimate of drug-likeness (QED) is 0.521. The Kier molecular flexibility index (Phi) is 3.49. The fourth-order valence-corrected chi connectivity index (χ4v) is 1.43. The summed E-state index contributed by atoms with van der Waals surface area (Å²) in [7, 11) is 0. The number of hydrogen-bond donors (Lipinski definition) is 3. The molecule has 0 radical (unpaired) electrons. The largest absolute Gasteiger partial charge is 0.368 e. The second-order valence-corrected chi connectivity index (χ2v) is 3.33. The van der Waals surface area contributed by atoms with Crippen molar-refractivity contribution >= 4 is 5.91 Å². The topological polar surface area (TPSA) is 67.2 Å². The number of piperidine rings is 1. The van der Waals surface area contributed by atoms with Crippen LogP contribution in [0, 0.1) is 0 Å². The minimum absolute atomic E-state index is 0.213. The summed E-state index contributed by atoms with van der Waals surface area (Å²) in [5.74, 6) is -0.277. The van der Waals surface area contributed by atoms with E-state index in [0.717, 1.165) is 19.5 Å². The van der Waals surface area contributed by atoms with Gasteiger partial charge in [-0.2, -0.15) is 0 Å². The lowest BCUT2D eigenvalue weighted by Crippen LogP contribution is -2.50. The second-order valence-electron chi connectivity index (χ2n) is 3.33. The Morgan fingerprint density at radius 1 is 1.75 bits per heavy atom. The molecular formula is C8H17N3O. The Morgan fingerprint density at radius 2 is 2.50 bits per heavy atom. The third-order valence-corrected chi connectivity index (χ3v) is 2.21. The van der Waals surface area contributed by atoms with Gasteiger partial charge in [-0.3, -0.25) is 4.79 Å². The molecule has 70 valence electrons. The van der Waals surface area contributed by atoms with Gasteiger partial charge in [0.1, 0.15) is 0 Å². The van der Waals surface area contributed by atoms with E-state index in [0.29, 0.717) is 6.04 Å². The van der Waals surface area contributed by atoms with Crippen LogP contribution in [0.5, 0.6) is 0 Å². The Hall–Kier alpha value is -0.610. The number of carbonyl (C=O) groups is 1. The molecule has 0 aliphatic carbocycles. The SMILES string of the molecule is C[C@H](NC1CCCNC1)C(N)=O. The smallest absolute Gasteiger partial charge is 0.234 e. The van der Waals surface area contributed by atoms with Crippen LogP contribution in [0.3, 0.4) is 0 Å². The molecule has 1 fully saturated rings. The summed E-state index contributed by atoms with van der Waals surface area (Å²) in [6.45, 7) is 3.83. The van der Waals surface area contributed by atoms with Gasteiger partial charge >= 0.3 is 0 Å². The van der Waals surface area contributed by atoms with Crippen LogP contribution in [-0.2, 0) is 4.79 Å². The van der Waals surface area contributed by atoms with Gasteiger partial charge < -0.3 is 16.4 Å². The lowest BCUT2D eigenvalue weighted by Gasteiger charge is -2.25. The molecule has 2 atom stereocenters. The van der Waals surface area contributed by atoms with Crippen LogP contribution in [-0.4, -0.2) is 31.1 Å². The van der Waals surface area contributed by atoms with Crippen LogP contribution in [0.2, 0.25) is 0 Å². The fraction of sp³-hybridized carbons (Fsp3) is 0.875. The van der Waals surface area contributed by atoms with Gasteiger partial charge in [0.25, 0.3) is 0 Å². The number of nitrogens with two attached hydrogens (primary N) is 1. The summed E-state index contributed by atoms with van der Waals surface area (Å²) in [5.41, 5.74) is 5.13. The summed E-state index contributed by atoms with van der Waals surface area (Å²) in [4.78, 5) is 10.7. The van der Waals surface area contributed by atoms with Gasteiger partial charge in [0.2, 0.25) is 5.91 Å². The maximum absolute atomic E-state index is 10.7. The highest BCUT2D eigenvalue weighted by Gasteiger charge is 2.17. The molecule has 0 bridgehead atoms. The van der Waals surface area contributed by atoms with Gasteiger partial charge in [0.15, 0.2) is 0 Å². The molecule has 1 aliphatic heterocycles. The summed E-state index contributed by atoms with van der Waals surface area (Å²) < 4.78 is 0. The van der Waals surface area contributed by atoms with E-state index in [1.54, 1.807) is 6.92 Å². The molecule has 1 unspecified atom stereocenters. The molecule has 1 heterocycles. The predicted octanol–water partition coefficient (Wildman–Crippen LogP) is -0.798. The molecule has 0 aromatic heterocycles. The Morgan fingerprint density at radius 3 is 3.00 bits per heavy atom. The van der Waals surface area contributed by atoms with Gasteiger partial charge in [-0.05, 0) is 26.3 Å². The molecule has 12 heavy (non-hydrogen) atoms. The Bertz CT molecular complexity index is 154. The number of primary amides is 1. The van der Waals surface area contributed by atoms with Gasteiger partial charge in [-0.15, -0.1) is 0 Å². The number of carbonyl (C=O) groups excluding carboxylic acids is 1. The molecule has 0 aromatic carbocycles. The normalized spacial score (nSPS) is 26.6. The van der Waals surface area contributed by atoms with Crippen molar-refractivity contribution in [3.05, 3.63) is 0 Å². The molecular weight excluding hydrogens is 154 g/mol.